The molecule has 1 aromatic heterocycles. The average Bonchev–Trinajstić information content (AvgIpc) is 2.97. The molecule has 1 heterocycles. The summed E-state index contributed by atoms with van der Waals surface area (Å²) in [5.74, 6) is -0.757. The quantitative estimate of drug-likeness (QED) is 0.813. The first-order valence-corrected chi connectivity index (χ1v) is 8.75. The van der Waals surface area contributed by atoms with Crippen LogP contribution in [0.25, 0.3) is 0 Å². The van der Waals surface area contributed by atoms with Crippen molar-refractivity contribution in [3.05, 3.63) is 46.2 Å². The standard InChI is InChI=1S/C13H16FN3O2S2/c1-2-15-6-10-3-4-12(14)13(5-10)21(18,19)17-8-11-7-16-9-20-11/h3-5,7,9,15,17H,2,6,8H2,1H3. The van der Waals surface area contributed by atoms with Crippen LogP contribution in [0.1, 0.15) is 17.4 Å². The predicted molar refractivity (Wildman–Crippen MR) is 79.9 cm³/mol. The van der Waals surface area contributed by atoms with Crippen molar-refractivity contribution in [1.82, 2.24) is 15.0 Å². The largest absolute Gasteiger partial charge is 0.313 e. The fourth-order valence-corrected chi connectivity index (χ4v) is 3.46. The predicted octanol–water partition coefficient (Wildman–Crippen LogP) is 1.87. The van der Waals surface area contributed by atoms with E-state index in [1.165, 1.54) is 23.5 Å². The Kier molecular flexibility index (Phi) is 5.40. The Morgan fingerprint density at radius 2 is 2.14 bits per heavy atom. The maximum Gasteiger partial charge on any atom is 0.243 e. The van der Waals surface area contributed by atoms with Crippen molar-refractivity contribution < 1.29 is 12.8 Å². The van der Waals surface area contributed by atoms with E-state index in [4.69, 9.17) is 0 Å². The number of benzene rings is 1. The molecule has 0 radical (unpaired) electrons. The van der Waals surface area contributed by atoms with E-state index in [0.717, 1.165) is 17.0 Å². The van der Waals surface area contributed by atoms with Crippen LogP contribution in [-0.4, -0.2) is 19.9 Å². The van der Waals surface area contributed by atoms with Gasteiger partial charge in [0.2, 0.25) is 10.0 Å². The molecule has 2 aromatic rings. The van der Waals surface area contributed by atoms with Gasteiger partial charge in [-0.2, -0.15) is 0 Å². The highest BCUT2D eigenvalue weighted by atomic mass is 32.2. The first-order valence-electron chi connectivity index (χ1n) is 6.39. The second kappa shape index (κ2) is 7.08. The SMILES string of the molecule is CCNCc1ccc(F)c(S(=O)(=O)NCc2cncs2)c1. The lowest BCUT2D eigenvalue weighted by Crippen LogP contribution is -2.24. The van der Waals surface area contributed by atoms with Crippen LogP contribution in [0.15, 0.2) is 34.8 Å². The summed E-state index contributed by atoms with van der Waals surface area (Å²) in [7, 11) is -3.89. The van der Waals surface area contributed by atoms with Crippen molar-refractivity contribution in [3.63, 3.8) is 0 Å². The van der Waals surface area contributed by atoms with Crippen molar-refractivity contribution in [2.24, 2.45) is 0 Å². The molecule has 5 nitrogen and oxygen atoms in total. The summed E-state index contributed by atoms with van der Waals surface area (Å²) < 4.78 is 40.6. The number of nitrogens with one attached hydrogen (secondary N) is 2. The summed E-state index contributed by atoms with van der Waals surface area (Å²) in [6.07, 6.45) is 1.57. The number of thiazole rings is 1. The van der Waals surface area contributed by atoms with Crippen molar-refractivity contribution in [2.45, 2.75) is 24.9 Å². The van der Waals surface area contributed by atoms with Crippen LogP contribution in [0.3, 0.4) is 0 Å². The number of nitrogens with zero attached hydrogens (tertiary/aromatic N) is 1. The van der Waals surface area contributed by atoms with Gasteiger partial charge >= 0.3 is 0 Å². The highest BCUT2D eigenvalue weighted by Gasteiger charge is 2.19. The van der Waals surface area contributed by atoms with Crippen LogP contribution < -0.4 is 10.0 Å². The van der Waals surface area contributed by atoms with Crippen molar-refractivity contribution in [1.29, 1.82) is 0 Å². The molecule has 2 rings (SSSR count). The summed E-state index contributed by atoms with van der Waals surface area (Å²) in [6.45, 7) is 3.29. The molecule has 0 saturated carbocycles. The Bertz CT molecular complexity index is 687. The Balaban J connectivity index is 2.17. The van der Waals surface area contributed by atoms with Gasteiger partial charge in [-0.3, -0.25) is 4.98 Å². The van der Waals surface area contributed by atoms with Crippen molar-refractivity contribution in [3.8, 4) is 0 Å². The molecule has 8 heteroatoms. The molecule has 0 aliphatic rings. The maximum absolute atomic E-state index is 13.8. The number of rotatable bonds is 7. The Morgan fingerprint density at radius 3 is 2.81 bits per heavy atom. The zero-order valence-electron chi connectivity index (χ0n) is 11.5. The molecule has 0 aliphatic heterocycles. The minimum atomic E-state index is -3.89. The lowest BCUT2D eigenvalue weighted by Gasteiger charge is -2.09. The molecule has 0 atom stereocenters. The van der Waals surface area contributed by atoms with Gasteiger partial charge in [-0.25, -0.2) is 17.5 Å². The van der Waals surface area contributed by atoms with Crippen LogP contribution in [0.2, 0.25) is 0 Å². The molecular formula is C13H16FN3O2S2. The van der Waals surface area contributed by atoms with Crippen LogP contribution in [0.4, 0.5) is 4.39 Å². The summed E-state index contributed by atoms with van der Waals surface area (Å²) >= 11 is 1.34. The molecule has 0 bridgehead atoms. The topological polar surface area (TPSA) is 71.1 Å². The molecule has 0 spiro atoms. The first kappa shape index (κ1) is 16.0. The smallest absolute Gasteiger partial charge is 0.243 e. The minimum Gasteiger partial charge on any atom is -0.313 e. The van der Waals surface area contributed by atoms with Gasteiger partial charge in [-0.05, 0) is 24.2 Å². The van der Waals surface area contributed by atoms with Gasteiger partial charge in [0.15, 0.2) is 0 Å². The third kappa shape index (κ3) is 4.31. The highest BCUT2D eigenvalue weighted by Crippen LogP contribution is 2.17. The fraction of sp³-hybridized carbons (Fsp3) is 0.308. The van der Waals surface area contributed by atoms with E-state index in [-0.39, 0.29) is 11.4 Å². The fourth-order valence-electron chi connectivity index (χ4n) is 1.71. The highest BCUT2D eigenvalue weighted by molar-refractivity contribution is 7.89. The third-order valence-corrected chi connectivity index (χ3v) is 4.98. The second-order valence-electron chi connectivity index (χ2n) is 4.34. The van der Waals surface area contributed by atoms with Crippen molar-refractivity contribution in [2.75, 3.05) is 6.54 Å². The van der Waals surface area contributed by atoms with E-state index >= 15 is 0 Å². The van der Waals surface area contributed by atoms with Gasteiger partial charge in [0.1, 0.15) is 10.7 Å². The maximum atomic E-state index is 13.8. The number of hydrogen-bond acceptors (Lipinski definition) is 5. The molecule has 0 saturated heterocycles. The molecule has 0 aliphatic carbocycles. The number of sulfonamides is 1. The summed E-state index contributed by atoms with van der Waals surface area (Å²) in [5, 5.41) is 3.07. The minimum absolute atomic E-state index is 0.101. The van der Waals surface area contributed by atoms with Crippen LogP contribution in [-0.2, 0) is 23.1 Å². The lowest BCUT2D eigenvalue weighted by molar-refractivity contribution is 0.555. The van der Waals surface area contributed by atoms with Gasteiger partial charge in [0.05, 0.1) is 5.51 Å². The Labute approximate surface area is 127 Å². The lowest BCUT2D eigenvalue weighted by atomic mass is 10.2. The summed E-state index contributed by atoms with van der Waals surface area (Å²) in [6, 6.07) is 4.10. The molecular weight excluding hydrogens is 313 g/mol. The van der Waals surface area contributed by atoms with E-state index in [9.17, 15) is 12.8 Å². The summed E-state index contributed by atoms with van der Waals surface area (Å²) in [4.78, 5) is 4.30. The average molecular weight is 329 g/mol. The van der Waals surface area contributed by atoms with E-state index in [1.54, 1.807) is 17.8 Å². The summed E-state index contributed by atoms with van der Waals surface area (Å²) in [5.41, 5.74) is 2.33. The van der Waals surface area contributed by atoms with Gasteiger partial charge in [0, 0.05) is 24.2 Å². The van der Waals surface area contributed by atoms with Gasteiger partial charge in [-0.1, -0.05) is 13.0 Å². The zero-order valence-corrected chi connectivity index (χ0v) is 13.1. The van der Waals surface area contributed by atoms with Gasteiger partial charge in [0.25, 0.3) is 0 Å². The Morgan fingerprint density at radius 1 is 1.33 bits per heavy atom. The molecule has 0 fully saturated rings. The molecule has 21 heavy (non-hydrogen) atoms. The zero-order chi connectivity index (χ0) is 15.3. The normalized spacial score (nSPS) is 11.7. The monoisotopic (exact) mass is 329 g/mol. The van der Waals surface area contributed by atoms with Crippen molar-refractivity contribution >= 4 is 21.4 Å². The molecule has 114 valence electrons. The molecule has 2 N–H and O–H groups in total. The van der Waals surface area contributed by atoms with Crippen LogP contribution in [0, 0.1) is 5.82 Å². The number of halogens is 1. The van der Waals surface area contributed by atoms with Crippen LogP contribution in [0.5, 0.6) is 0 Å². The van der Waals surface area contributed by atoms with E-state index < -0.39 is 15.8 Å². The molecule has 1 aromatic carbocycles. The molecule has 0 unspecified atom stereocenters. The van der Waals surface area contributed by atoms with Crippen LogP contribution >= 0.6 is 11.3 Å². The number of hydrogen-bond donors (Lipinski definition) is 2. The second-order valence-corrected chi connectivity index (χ2v) is 7.04. The Hall–Kier alpha value is -1.35. The van der Waals surface area contributed by atoms with E-state index in [0.29, 0.717) is 6.54 Å². The number of aromatic nitrogens is 1. The van der Waals surface area contributed by atoms with E-state index in [2.05, 4.69) is 15.0 Å². The first-order chi connectivity index (χ1) is 10.0. The third-order valence-electron chi connectivity index (χ3n) is 2.78. The molecule has 0 amide bonds. The van der Waals surface area contributed by atoms with Gasteiger partial charge < -0.3 is 5.32 Å². The van der Waals surface area contributed by atoms with Gasteiger partial charge in [-0.15, -0.1) is 11.3 Å². The van der Waals surface area contributed by atoms with E-state index in [1.807, 2.05) is 6.92 Å².